The van der Waals surface area contributed by atoms with Crippen molar-refractivity contribution in [3.63, 3.8) is 0 Å². The summed E-state index contributed by atoms with van der Waals surface area (Å²) in [5, 5.41) is 9.22. The molecule has 1 N–H and O–H groups in total. The van der Waals surface area contributed by atoms with E-state index in [9.17, 15) is 9.90 Å². The smallest absolute Gasteiger partial charge is 0.313 e. The fourth-order valence-electron chi connectivity index (χ4n) is 0.998. The van der Waals surface area contributed by atoms with E-state index in [-0.39, 0.29) is 19.0 Å². The SMILES string of the molecule is COC(=O)CC1=C(C)C(O)CO1. The zero-order valence-electron chi connectivity index (χ0n) is 7.16. The third-order valence-corrected chi connectivity index (χ3v) is 1.89. The van der Waals surface area contributed by atoms with E-state index < -0.39 is 6.10 Å². The molecule has 68 valence electrons. The van der Waals surface area contributed by atoms with Crippen molar-refractivity contribution in [1.82, 2.24) is 0 Å². The van der Waals surface area contributed by atoms with Crippen LogP contribution in [0, 0.1) is 0 Å². The number of carbonyl (C=O) groups is 1. The lowest BCUT2D eigenvalue weighted by Gasteiger charge is -2.01. The molecular weight excluding hydrogens is 160 g/mol. The van der Waals surface area contributed by atoms with Crippen LogP contribution in [-0.2, 0) is 14.3 Å². The Bertz CT molecular complexity index is 219. The lowest BCUT2D eigenvalue weighted by Crippen LogP contribution is -2.07. The first-order chi connectivity index (χ1) is 5.65. The molecule has 1 atom stereocenters. The summed E-state index contributed by atoms with van der Waals surface area (Å²) in [6.45, 7) is 1.99. The van der Waals surface area contributed by atoms with E-state index in [1.807, 2.05) is 0 Å². The summed E-state index contributed by atoms with van der Waals surface area (Å²) >= 11 is 0. The zero-order valence-corrected chi connectivity index (χ0v) is 7.16. The van der Waals surface area contributed by atoms with Gasteiger partial charge in [-0.3, -0.25) is 4.79 Å². The highest BCUT2D eigenvalue weighted by Crippen LogP contribution is 2.21. The van der Waals surface area contributed by atoms with Crippen LogP contribution >= 0.6 is 0 Å². The fraction of sp³-hybridized carbons (Fsp3) is 0.625. The highest BCUT2D eigenvalue weighted by molar-refractivity contribution is 5.72. The molecule has 1 rings (SSSR count). The van der Waals surface area contributed by atoms with E-state index in [2.05, 4.69) is 4.74 Å². The molecule has 0 aromatic rings. The number of methoxy groups -OCH3 is 1. The zero-order chi connectivity index (χ0) is 9.14. The van der Waals surface area contributed by atoms with Gasteiger partial charge in [-0.25, -0.2) is 0 Å². The maximum Gasteiger partial charge on any atom is 0.313 e. The maximum atomic E-state index is 10.8. The quantitative estimate of drug-likeness (QED) is 0.605. The number of hydrogen-bond donors (Lipinski definition) is 1. The van der Waals surface area contributed by atoms with E-state index in [1.165, 1.54) is 7.11 Å². The number of rotatable bonds is 2. The second kappa shape index (κ2) is 3.58. The van der Waals surface area contributed by atoms with Crippen molar-refractivity contribution in [2.75, 3.05) is 13.7 Å². The molecule has 0 radical (unpaired) electrons. The molecule has 1 unspecified atom stereocenters. The van der Waals surface area contributed by atoms with Crippen LogP contribution in [0.4, 0.5) is 0 Å². The summed E-state index contributed by atoms with van der Waals surface area (Å²) in [7, 11) is 1.32. The van der Waals surface area contributed by atoms with Crippen molar-refractivity contribution in [3.05, 3.63) is 11.3 Å². The van der Waals surface area contributed by atoms with Crippen molar-refractivity contribution in [2.45, 2.75) is 19.4 Å². The molecule has 0 spiro atoms. The standard InChI is InChI=1S/C8H12O4/c1-5-6(9)4-12-7(5)3-8(10)11-2/h6,9H,3-4H2,1-2H3. The Balaban J connectivity index is 2.58. The Morgan fingerprint density at radius 2 is 2.50 bits per heavy atom. The number of esters is 1. The molecule has 0 amide bonds. The third kappa shape index (κ3) is 1.76. The van der Waals surface area contributed by atoms with Crippen molar-refractivity contribution in [2.24, 2.45) is 0 Å². The average molecular weight is 172 g/mol. The van der Waals surface area contributed by atoms with Gasteiger partial charge in [0, 0.05) is 0 Å². The number of aliphatic hydroxyl groups excluding tert-OH is 1. The minimum Gasteiger partial charge on any atom is -0.494 e. The van der Waals surface area contributed by atoms with Gasteiger partial charge in [-0.05, 0) is 12.5 Å². The Morgan fingerprint density at radius 1 is 1.83 bits per heavy atom. The highest BCUT2D eigenvalue weighted by atomic mass is 16.5. The van der Waals surface area contributed by atoms with Gasteiger partial charge >= 0.3 is 5.97 Å². The minimum atomic E-state index is -0.565. The minimum absolute atomic E-state index is 0.111. The Labute approximate surface area is 70.8 Å². The molecule has 0 bridgehead atoms. The topological polar surface area (TPSA) is 55.8 Å². The Morgan fingerprint density at radius 3 is 2.92 bits per heavy atom. The Kier molecular flexibility index (Phi) is 2.70. The number of aliphatic hydroxyl groups is 1. The molecule has 0 saturated carbocycles. The van der Waals surface area contributed by atoms with Crippen LogP contribution in [0.3, 0.4) is 0 Å². The van der Waals surface area contributed by atoms with Crippen molar-refractivity contribution in [1.29, 1.82) is 0 Å². The lowest BCUT2D eigenvalue weighted by molar-refractivity contribution is -0.140. The lowest BCUT2D eigenvalue weighted by atomic mass is 10.1. The molecule has 1 heterocycles. The molecule has 1 aliphatic heterocycles. The monoisotopic (exact) mass is 172 g/mol. The second-order valence-electron chi connectivity index (χ2n) is 2.69. The predicted molar refractivity (Wildman–Crippen MR) is 41.3 cm³/mol. The van der Waals surface area contributed by atoms with Crippen LogP contribution in [0.1, 0.15) is 13.3 Å². The van der Waals surface area contributed by atoms with Crippen LogP contribution in [0.15, 0.2) is 11.3 Å². The first-order valence-electron chi connectivity index (χ1n) is 3.72. The summed E-state index contributed by atoms with van der Waals surface area (Å²) in [6.07, 6.45) is -0.455. The van der Waals surface area contributed by atoms with Crippen LogP contribution < -0.4 is 0 Å². The average Bonchev–Trinajstić information content (AvgIpc) is 2.36. The summed E-state index contributed by atoms with van der Waals surface area (Å²) in [5.41, 5.74) is 0.723. The van der Waals surface area contributed by atoms with Gasteiger partial charge in [0.05, 0.1) is 7.11 Å². The van der Waals surface area contributed by atoms with Crippen molar-refractivity contribution in [3.8, 4) is 0 Å². The number of hydrogen-bond acceptors (Lipinski definition) is 4. The van der Waals surface area contributed by atoms with Crippen LogP contribution in [-0.4, -0.2) is 30.9 Å². The fourth-order valence-corrected chi connectivity index (χ4v) is 0.998. The number of ether oxygens (including phenoxy) is 2. The molecule has 0 aromatic heterocycles. The van der Waals surface area contributed by atoms with E-state index in [0.29, 0.717) is 5.76 Å². The second-order valence-corrected chi connectivity index (χ2v) is 2.69. The van der Waals surface area contributed by atoms with Gasteiger partial charge in [0.2, 0.25) is 0 Å². The van der Waals surface area contributed by atoms with Gasteiger partial charge < -0.3 is 14.6 Å². The summed E-state index contributed by atoms with van der Waals surface area (Å²) < 4.78 is 9.54. The number of carbonyl (C=O) groups excluding carboxylic acids is 1. The van der Waals surface area contributed by atoms with E-state index in [4.69, 9.17) is 4.74 Å². The van der Waals surface area contributed by atoms with Gasteiger partial charge in [0.25, 0.3) is 0 Å². The summed E-state index contributed by atoms with van der Waals surface area (Å²) in [6, 6.07) is 0. The molecule has 0 aliphatic carbocycles. The molecular formula is C8H12O4. The largest absolute Gasteiger partial charge is 0.494 e. The molecule has 4 nitrogen and oxygen atoms in total. The van der Waals surface area contributed by atoms with Gasteiger partial charge in [0.1, 0.15) is 24.9 Å². The maximum absolute atomic E-state index is 10.8. The Hall–Kier alpha value is -1.03. The first-order valence-corrected chi connectivity index (χ1v) is 3.72. The van der Waals surface area contributed by atoms with Crippen molar-refractivity contribution >= 4 is 5.97 Å². The first kappa shape index (κ1) is 9.06. The summed E-state index contributed by atoms with van der Waals surface area (Å²) in [5.74, 6) is 0.188. The van der Waals surface area contributed by atoms with Gasteiger partial charge in [-0.15, -0.1) is 0 Å². The van der Waals surface area contributed by atoms with E-state index in [1.54, 1.807) is 6.92 Å². The predicted octanol–water partition coefficient (Wildman–Crippen LogP) is 0.215. The third-order valence-electron chi connectivity index (χ3n) is 1.89. The van der Waals surface area contributed by atoms with Crippen LogP contribution in [0.5, 0.6) is 0 Å². The van der Waals surface area contributed by atoms with E-state index >= 15 is 0 Å². The molecule has 1 aliphatic rings. The van der Waals surface area contributed by atoms with E-state index in [0.717, 1.165) is 5.57 Å². The molecule has 0 fully saturated rings. The molecule has 0 saturated heterocycles. The van der Waals surface area contributed by atoms with Gasteiger partial charge in [-0.2, -0.15) is 0 Å². The molecule has 4 heteroatoms. The van der Waals surface area contributed by atoms with Gasteiger partial charge in [0.15, 0.2) is 0 Å². The highest BCUT2D eigenvalue weighted by Gasteiger charge is 2.23. The van der Waals surface area contributed by atoms with Crippen molar-refractivity contribution < 1.29 is 19.4 Å². The van der Waals surface area contributed by atoms with Crippen LogP contribution in [0.25, 0.3) is 0 Å². The van der Waals surface area contributed by atoms with Gasteiger partial charge in [-0.1, -0.05) is 0 Å². The molecule has 12 heavy (non-hydrogen) atoms. The molecule has 0 aromatic carbocycles. The summed E-state index contributed by atoms with van der Waals surface area (Å²) in [4.78, 5) is 10.8. The normalized spacial score (nSPS) is 22.4. The van der Waals surface area contributed by atoms with Crippen LogP contribution in [0.2, 0.25) is 0 Å².